The Hall–Kier alpha value is -5.12. The zero-order valence-corrected chi connectivity index (χ0v) is 35.0. The Morgan fingerprint density at radius 3 is 2.10 bits per heavy atom. The number of carbonyl (C=O) groups is 6. The molecule has 2 aromatic rings. The molecule has 1 heterocycles. The van der Waals surface area contributed by atoms with Gasteiger partial charge in [0.15, 0.2) is 23.6 Å². The summed E-state index contributed by atoms with van der Waals surface area (Å²) in [6.07, 6.45) is -8.18. The minimum absolute atomic E-state index is 0.128. The van der Waals surface area contributed by atoms with Gasteiger partial charge in [0.1, 0.15) is 29.5 Å². The third kappa shape index (κ3) is 7.07. The number of hydrogen-bond acceptors (Lipinski definition) is 14. The first-order valence-electron chi connectivity index (χ1n) is 20.2. The van der Waals surface area contributed by atoms with E-state index in [4.69, 9.17) is 28.4 Å². The molecule has 11 unspecified atom stereocenters. The molecule has 7 rings (SSSR count). The lowest BCUT2D eigenvalue weighted by molar-refractivity contribution is -0.323. The molecule has 2 aromatic carbocycles. The highest BCUT2D eigenvalue weighted by molar-refractivity contribution is 5.97. The topological polar surface area (TPSA) is 210 Å². The molecule has 3 N–H and O–H groups in total. The summed E-state index contributed by atoms with van der Waals surface area (Å²) in [5.74, 6) is -5.65. The smallest absolute Gasteiger partial charge is 0.408 e. The molecular formula is C45H53NO14. The number of Topliss-reactive ketones (excluding diaryl/α,β-unsaturated/α-hetero) is 1. The summed E-state index contributed by atoms with van der Waals surface area (Å²) < 4.78 is 36.0. The zero-order valence-electron chi connectivity index (χ0n) is 35.0. The first-order chi connectivity index (χ1) is 28.1. The molecule has 11 atom stereocenters. The van der Waals surface area contributed by atoms with E-state index < -0.39 is 112 Å². The van der Waals surface area contributed by atoms with Crippen LogP contribution in [0.5, 0.6) is 0 Å². The van der Waals surface area contributed by atoms with Crippen LogP contribution in [0.4, 0.5) is 4.79 Å². The van der Waals surface area contributed by atoms with E-state index in [2.05, 4.69) is 5.32 Å². The molecule has 3 saturated carbocycles. The second-order valence-corrected chi connectivity index (χ2v) is 18.3. The Morgan fingerprint density at radius 1 is 0.900 bits per heavy atom. The summed E-state index contributed by atoms with van der Waals surface area (Å²) in [4.78, 5) is 82.8. The lowest BCUT2D eigenvalue weighted by Crippen LogP contribution is -2.78. The van der Waals surface area contributed by atoms with Crippen molar-refractivity contribution in [1.29, 1.82) is 0 Å². The summed E-state index contributed by atoms with van der Waals surface area (Å²) in [7, 11) is 0. The van der Waals surface area contributed by atoms with Crippen molar-refractivity contribution in [2.45, 2.75) is 128 Å². The molecule has 1 amide bonds. The number of aliphatic hydroxyl groups excluding tert-OH is 1. The third-order valence-electron chi connectivity index (χ3n) is 13.2. The van der Waals surface area contributed by atoms with Crippen LogP contribution in [-0.2, 0) is 47.6 Å². The van der Waals surface area contributed by atoms with E-state index in [0.29, 0.717) is 12.0 Å². The van der Waals surface area contributed by atoms with Crippen LogP contribution < -0.4 is 5.32 Å². The maximum atomic E-state index is 15.4. The van der Waals surface area contributed by atoms with Crippen molar-refractivity contribution >= 4 is 35.8 Å². The normalized spacial score (nSPS) is 33.3. The number of benzene rings is 2. The summed E-state index contributed by atoms with van der Waals surface area (Å²) >= 11 is 0. The largest absolute Gasteiger partial charge is 0.456 e. The Bertz CT molecular complexity index is 2110. The lowest BCUT2D eigenvalue weighted by atomic mass is 9.48. The highest BCUT2D eigenvalue weighted by Crippen LogP contribution is 2.74. The number of hydrogen-bond donors (Lipinski definition) is 3. The molecule has 4 aliphatic carbocycles. The average molecular weight is 832 g/mol. The van der Waals surface area contributed by atoms with Crippen LogP contribution in [0, 0.1) is 22.7 Å². The molecule has 60 heavy (non-hydrogen) atoms. The molecule has 322 valence electrons. The van der Waals surface area contributed by atoms with Gasteiger partial charge in [0.2, 0.25) is 0 Å². The van der Waals surface area contributed by atoms with Gasteiger partial charge in [0.05, 0.1) is 24.1 Å². The van der Waals surface area contributed by atoms with Gasteiger partial charge in [-0.1, -0.05) is 62.4 Å². The fourth-order valence-corrected chi connectivity index (χ4v) is 10.4. The monoisotopic (exact) mass is 831 g/mol. The van der Waals surface area contributed by atoms with Crippen LogP contribution in [0.2, 0.25) is 0 Å². The van der Waals surface area contributed by atoms with Gasteiger partial charge in [-0.05, 0) is 75.3 Å². The summed E-state index contributed by atoms with van der Waals surface area (Å²) in [6.45, 7) is 12.0. The minimum Gasteiger partial charge on any atom is -0.456 e. The molecule has 0 radical (unpaired) electrons. The first kappa shape index (κ1) is 43.0. The van der Waals surface area contributed by atoms with Gasteiger partial charge < -0.3 is 44.0 Å². The van der Waals surface area contributed by atoms with E-state index in [1.54, 1.807) is 90.1 Å². The Morgan fingerprint density at radius 2 is 1.53 bits per heavy atom. The van der Waals surface area contributed by atoms with Crippen LogP contribution >= 0.6 is 0 Å². The molecule has 1 spiro atoms. The number of aliphatic hydroxyl groups is 2. The van der Waals surface area contributed by atoms with Gasteiger partial charge >= 0.3 is 30.0 Å². The van der Waals surface area contributed by atoms with Crippen LogP contribution in [0.1, 0.15) is 96.6 Å². The third-order valence-corrected chi connectivity index (χ3v) is 13.2. The van der Waals surface area contributed by atoms with E-state index in [1.165, 1.54) is 19.1 Å². The van der Waals surface area contributed by atoms with Gasteiger partial charge in [0, 0.05) is 31.1 Å². The van der Waals surface area contributed by atoms with Gasteiger partial charge in [0.25, 0.3) is 0 Å². The van der Waals surface area contributed by atoms with Gasteiger partial charge in [-0.3, -0.25) is 14.4 Å². The van der Waals surface area contributed by atoms with E-state index in [-0.39, 0.29) is 35.7 Å². The molecule has 0 aromatic heterocycles. The fourth-order valence-electron chi connectivity index (χ4n) is 10.4. The predicted octanol–water partition coefficient (Wildman–Crippen LogP) is 4.47. The van der Waals surface area contributed by atoms with Gasteiger partial charge in [-0.25, -0.2) is 14.4 Å². The molecule has 1 aliphatic heterocycles. The summed E-state index contributed by atoms with van der Waals surface area (Å²) in [5, 5.41) is 27.9. The number of ether oxygens (including phenoxy) is 6. The maximum absolute atomic E-state index is 15.4. The van der Waals surface area contributed by atoms with Crippen molar-refractivity contribution in [3.63, 3.8) is 0 Å². The highest BCUT2D eigenvalue weighted by Gasteiger charge is 2.84. The SMILES string of the molecule is CC(=O)OC1C(=O)C23CC2CC2OCC2(OC(C)=O)C3C(OC(=O)c2ccccc2)C2(O)CC(OC(=O)C(O)C(NC(=O)OC(C)(C)C)c3ccccc3)C(C)=C1C2(C)C. The number of ketones is 1. The standard InChI is InChI=1S/C45H53NO14/c1-23-29(57-39(52)33(49)32(26-15-11-9-12-16-26)46-40(53)60-41(4,5)6)21-45(54)37(58-38(51)27-17-13-10-14-18-27)35-43(36(50)34(56-24(2)47)31(23)42(45,7)8)20-28(43)19-30-44(35,22-55-30)59-25(3)48/h9-18,28-30,32-35,37,49,54H,19-22H2,1-8H3,(H,46,53). The van der Waals surface area contributed by atoms with Crippen molar-refractivity contribution in [2.24, 2.45) is 22.7 Å². The highest BCUT2D eigenvalue weighted by atomic mass is 16.6. The van der Waals surface area contributed by atoms with E-state index >= 15 is 4.79 Å². The zero-order chi connectivity index (χ0) is 43.7. The number of fused-ring (bicyclic) bond motifs is 4. The second-order valence-electron chi connectivity index (χ2n) is 18.3. The average Bonchev–Trinajstić information content (AvgIpc) is 3.90. The molecule has 15 nitrogen and oxygen atoms in total. The Labute approximate surface area is 348 Å². The fraction of sp³-hybridized carbons (Fsp3) is 0.556. The van der Waals surface area contributed by atoms with Crippen molar-refractivity contribution in [3.05, 3.63) is 82.9 Å². The minimum atomic E-state index is -2.25. The first-order valence-corrected chi connectivity index (χ1v) is 20.2. The quantitative estimate of drug-likeness (QED) is 0.181. The number of alkyl carbamates (subject to hydrolysis) is 1. The number of esters is 4. The number of rotatable bonds is 9. The molecular weight excluding hydrogens is 778 g/mol. The maximum Gasteiger partial charge on any atom is 0.408 e. The summed E-state index contributed by atoms with van der Waals surface area (Å²) in [6, 6.07) is 14.9. The van der Waals surface area contributed by atoms with Crippen molar-refractivity contribution in [3.8, 4) is 0 Å². The molecule has 4 fully saturated rings. The summed E-state index contributed by atoms with van der Waals surface area (Å²) in [5.41, 5.74) is -6.79. The Balaban J connectivity index is 1.37. The second kappa shape index (κ2) is 15.1. The van der Waals surface area contributed by atoms with Crippen molar-refractivity contribution in [1.82, 2.24) is 5.32 Å². The molecule has 15 heteroatoms. The van der Waals surface area contributed by atoms with E-state index in [1.807, 2.05) is 0 Å². The number of carbonyl (C=O) groups excluding carboxylic acids is 6. The molecule has 1 saturated heterocycles. The van der Waals surface area contributed by atoms with Crippen LogP contribution in [0.25, 0.3) is 0 Å². The predicted molar refractivity (Wildman–Crippen MR) is 210 cm³/mol. The van der Waals surface area contributed by atoms with Crippen molar-refractivity contribution in [2.75, 3.05) is 6.61 Å². The van der Waals surface area contributed by atoms with Gasteiger partial charge in [-0.2, -0.15) is 0 Å². The van der Waals surface area contributed by atoms with E-state index in [0.717, 1.165) is 6.92 Å². The van der Waals surface area contributed by atoms with Crippen LogP contribution in [0.3, 0.4) is 0 Å². The van der Waals surface area contributed by atoms with Gasteiger partial charge in [-0.15, -0.1) is 0 Å². The molecule has 2 bridgehead atoms. The van der Waals surface area contributed by atoms with Crippen LogP contribution in [-0.4, -0.2) is 99.9 Å². The van der Waals surface area contributed by atoms with Crippen LogP contribution in [0.15, 0.2) is 71.8 Å². The molecule has 5 aliphatic rings. The lowest BCUT2D eigenvalue weighted by Gasteiger charge is -2.64. The number of amides is 1. The Kier molecular flexibility index (Phi) is 10.8. The van der Waals surface area contributed by atoms with Crippen molar-refractivity contribution < 1.29 is 67.4 Å². The number of nitrogens with one attached hydrogen (secondary N) is 1. The van der Waals surface area contributed by atoms with E-state index in [9.17, 15) is 34.2 Å².